The summed E-state index contributed by atoms with van der Waals surface area (Å²) in [6.07, 6.45) is 3.72. The number of aromatic carboxylic acids is 1. The van der Waals surface area contributed by atoms with Gasteiger partial charge in [0.15, 0.2) is 0 Å². The first-order valence-electron chi connectivity index (χ1n) is 5.44. The SMILES string of the molecule is O=C(O)c1cccc2ccn(Cc3cncs3)c12. The Morgan fingerprint density at radius 2 is 2.28 bits per heavy atom. The number of carbonyl (C=O) groups is 1. The van der Waals surface area contributed by atoms with Crippen LogP contribution in [0.5, 0.6) is 0 Å². The van der Waals surface area contributed by atoms with Crippen LogP contribution in [0.3, 0.4) is 0 Å². The Labute approximate surface area is 107 Å². The van der Waals surface area contributed by atoms with Crippen molar-refractivity contribution in [3.63, 3.8) is 0 Å². The summed E-state index contributed by atoms with van der Waals surface area (Å²) in [5, 5.41) is 10.2. The Bertz CT molecular complexity index is 701. The van der Waals surface area contributed by atoms with Gasteiger partial charge in [-0.2, -0.15) is 0 Å². The van der Waals surface area contributed by atoms with Crippen molar-refractivity contribution in [2.45, 2.75) is 6.54 Å². The number of fused-ring (bicyclic) bond motifs is 1. The van der Waals surface area contributed by atoms with E-state index >= 15 is 0 Å². The number of nitrogens with zero attached hydrogens (tertiary/aromatic N) is 2. The van der Waals surface area contributed by atoms with Crippen molar-refractivity contribution in [2.24, 2.45) is 0 Å². The molecule has 1 aromatic carbocycles. The molecule has 0 saturated heterocycles. The lowest BCUT2D eigenvalue weighted by Crippen LogP contribution is -2.03. The first kappa shape index (κ1) is 11.0. The Morgan fingerprint density at radius 3 is 3.00 bits per heavy atom. The van der Waals surface area contributed by atoms with Crippen LogP contribution < -0.4 is 0 Å². The van der Waals surface area contributed by atoms with Crippen LogP contribution in [0.25, 0.3) is 10.9 Å². The number of rotatable bonds is 3. The molecule has 4 nitrogen and oxygen atoms in total. The molecule has 0 saturated carbocycles. The summed E-state index contributed by atoms with van der Waals surface area (Å²) in [7, 11) is 0. The molecule has 0 fully saturated rings. The second-order valence-corrected chi connectivity index (χ2v) is 4.93. The van der Waals surface area contributed by atoms with E-state index in [1.807, 2.05) is 22.9 Å². The van der Waals surface area contributed by atoms with Gasteiger partial charge in [-0.15, -0.1) is 11.3 Å². The van der Waals surface area contributed by atoms with Gasteiger partial charge in [-0.05, 0) is 12.1 Å². The number of carboxylic acid groups (broad SMARTS) is 1. The lowest BCUT2D eigenvalue weighted by molar-refractivity contribution is 0.0698. The molecule has 90 valence electrons. The Balaban J connectivity index is 2.15. The van der Waals surface area contributed by atoms with Crippen molar-refractivity contribution in [3.8, 4) is 0 Å². The highest BCUT2D eigenvalue weighted by Gasteiger charge is 2.12. The Morgan fingerprint density at radius 1 is 1.39 bits per heavy atom. The maximum Gasteiger partial charge on any atom is 0.337 e. The number of hydrogen-bond acceptors (Lipinski definition) is 3. The van der Waals surface area contributed by atoms with Crippen LogP contribution >= 0.6 is 11.3 Å². The predicted molar refractivity (Wildman–Crippen MR) is 70.1 cm³/mol. The van der Waals surface area contributed by atoms with Crippen molar-refractivity contribution in [2.75, 3.05) is 0 Å². The van der Waals surface area contributed by atoms with E-state index in [0.29, 0.717) is 12.1 Å². The van der Waals surface area contributed by atoms with Gasteiger partial charge in [0.2, 0.25) is 0 Å². The molecule has 0 unspecified atom stereocenters. The molecule has 0 aliphatic rings. The molecule has 0 atom stereocenters. The fraction of sp³-hybridized carbons (Fsp3) is 0.0769. The predicted octanol–water partition coefficient (Wildman–Crippen LogP) is 2.84. The monoisotopic (exact) mass is 258 g/mol. The fourth-order valence-corrected chi connectivity index (χ4v) is 2.65. The van der Waals surface area contributed by atoms with E-state index in [4.69, 9.17) is 0 Å². The summed E-state index contributed by atoms with van der Waals surface area (Å²) < 4.78 is 1.95. The van der Waals surface area contributed by atoms with Crippen molar-refractivity contribution < 1.29 is 9.90 Å². The van der Waals surface area contributed by atoms with Gasteiger partial charge in [-0.3, -0.25) is 4.98 Å². The van der Waals surface area contributed by atoms with Gasteiger partial charge in [0.25, 0.3) is 0 Å². The fourth-order valence-electron chi connectivity index (χ4n) is 2.05. The molecule has 2 heterocycles. The highest BCUT2D eigenvalue weighted by molar-refractivity contribution is 7.09. The van der Waals surface area contributed by atoms with Gasteiger partial charge >= 0.3 is 5.97 Å². The van der Waals surface area contributed by atoms with Crippen LogP contribution in [0.15, 0.2) is 42.2 Å². The van der Waals surface area contributed by atoms with Gasteiger partial charge in [-0.1, -0.05) is 12.1 Å². The molecule has 0 aliphatic carbocycles. The van der Waals surface area contributed by atoms with E-state index in [1.54, 1.807) is 35.2 Å². The van der Waals surface area contributed by atoms with E-state index < -0.39 is 5.97 Å². The maximum atomic E-state index is 11.2. The minimum absolute atomic E-state index is 0.335. The van der Waals surface area contributed by atoms with E-state index in [2.05, 4.69) is 4.98 Å². The zero-order valence-electron chi connectivity index (χ0n) is 9.41. The lowest BCUT2D eigenvalue weighted by atomic mass is 10.1. The zero-order chi connectivity index (χ0) is 12.5. The molecule has 0 radical (unpaired) electrons. The van der Waals surface area contributed by atoms with Gasteiger partial charge in [0, 0.05) is 22.7 Å². The van der Waals surface area contributed by atoms with E-state index in [-0.39, 0.29) is 0 Å². The average Bonchev–Trinajstić information content (AvgIpc) is 2.99. The Hall–Kier alpha value is -2.14. The summed E-state index contributed by atoms with van der Waals surface area (Å²) in [6.45, 7) is 0.651. The number of para-hydroxylation sites is 1. The molecule has 0 amide bonds. The lowest BCUT2D eigenvalue weighted by Gasteiger charge is -2.05. The molecule has 18 heavy (non-hydrogen) atoms. The highest BCUT2D eigenvalue weighted by Crippen LogP contribution is 2.22. The standard InChI is InChI=1S/C13H10N2O2S/c16-13(17)11-3-1-2-9-4-5-15(12(9)11)7-10-6-14-8-18-10/h1-6,8H,7H2,(H,16,17). The molecular formula is C13H10N2O2S. The zero-order valence-corrected chi connectivity index (χ0v) is 10.2. The molecule has 0 spiro atoms. The third kappa shape index (κ3) is 1.78. The van der Waals surface area contributed by atoms with Gasteiger partial charge in [0.05, 0.1) is 23.1 Å². The molecule has 0 bridgehead atoms. The first-order valence-corrected chi connectivity index (χ1v) is 6.32. The summed E-state index contributed by atoms with van der Waals surface area (Å²) in [6, 6.07) is 7.25. The van der Waals surface area contributed by atoms with E-state index in [1.165, 1.54) is 0 Å². The Kier molecular flexibility index (Phi) is 2.60. The maximum absolute atomic E-state index is 11.2. The second kappa shape index (κ2) is 4.27. The van der Waals surface area contributed by atoms with Crippen molar-refractivity contribution in [3.05, 3.63) is 52.6 Å². The molecule has 1 N–H and O–H groups in total. The van der Waals surface area contributed by atoms with Gasteiger partial charge in [0.1, 0.15) is 0 Å². The molecule has 0 aliphatic heterocycles. The highest BCUT2D eigenvalue weighted by atomic mass is 32.1. The summed E-state index contributed by atoms with van der Waals surface area (Å²) in [5.74, 6) is -0.898. The van der Waals surface area contributed by atoms with Crippen molar-refractivity contribution in [1.29, 1.82) is 0 Å². The van der Waals surface area contributed by atoms with Crippen LogP contribution in [0, 0.1) is 0 Å². The normalized spacial score (nSPS) is 10.9. The van der Waals surface area contributed by atoms with E-state index in [0.717, 1.165) is 15.8 Å². The number of hydrogen-bond donors (Lipinski definition) is 1. The first-order chi connectivity index (χ1) is 8.75. The molecule has 2 aromatic heterocycles. The summed E-state index contributed by atoms with van der Waals surface area (Å²) in [4.78, 5) is 16.4. The number of aromatic nitrogens is 2. The van der Waals surface area contributed by atoms with Crippen LogP contribution in [0.4, 0.5) is 0 Å². The van der Waals surface area contributed by atoms with Crippen LogP contribution in [-0.2, 0) is 6.54 Å². The minimum Gasteiger partial charge on any atom is -0.478 e. The number of benzene rings is 1. The minimum atomic E-state index is -0.898. The topological polar surface area (TPSA) is 55.1 Å². The van der Waals surface area contributed by atoms with Crippen LogP contribution in [0.2, 0.25) is 0 Å². The average molecular weight is 258 g/mol. The third-order valence-corrected chi connectivity index (χ3v) is 3.59. The van der Waals surface area contributed by atoms with Gasteiger partial charge in [-0.25, -0.2) is 4.79 Å². The second-order valence-electron chi connectivity index (χ2n) is 3.96. The van der Waals surface area contributed by atoms with Crippen LogP contribution in [-0.4, -0.2) is 20.6 Å². The van der Waals surface area contributed by atoms with Crippen LogP contribution in [0.1, 0.15) is 15.2 Å². The number of carboxylic acids is 1. The molecular weight excluding hydrogens is 248 g/mol. The van der Waals surface area contributed by atoms with Crippen molar-refractivity contribution >= 4 is 28.2 Å². The third-order valence-electron chi connectivity index (χ3n) is 2.83. The van der Waals surface area contributed by atoms with Crippen molar-refractivity contribution in [1.82, 2.24) is 9.55 Å². The molecule has 5 heteroatoms. The summed E-state index contributed by atoms with van der Waals surface area (Å²) >= 11 is 1.56. The molecule has 3 rings (SSSR count). The summed E-state index contributed by atoms with van der Waals surface area (Å²) in [5.41, 5.74) is 2.87. The quantitative estimate of drug-likeness (QED) is 0.786. The van der Waals surface area contributed by atoms with Gasteiger partial charge < -0.3 is 9.67 Å². The molecule has 3 aromatic rings. The number of thiazole rings is 1. The van der Waals surface area contributed by atoms with E-state index in [9.17, 15) is 9.90 Å². The smallest absolute Gasteiger partial charge is 0.337 e. The largest absolute Gasteiger partial charge is 0.478 e.